The number of nitrogens with one attached hydrogen (secondary N) is 1. The molecule has 154 valence electrons. The monoisotopic (exact) mass is 413 g/mol. The highest BCUT2D eigenvalue weighted by atomic mass is 32.2. The molecule has 2 aromatic rings. The lowest BCUT2D eigenvalue weighted by Gasteiger charge is -2.32. The lowest BCUT2D eigenvalue weighted by Crippen LogP contribution is -2.35. The largest absolute Gasteiger partial charge is 0.611 e. The summed E-state index contributed by atoms with van der Waals surface area (Å²) < 4.78 is 18.0. The van der Waals surface area contributed by atoms with Crippen LogP contribution in [0, 0.1) is 0 Å². The topological polar surface area (TPSA) is 86.2 Å². The van der Waals surface area contributed by atoms with Gasteiger partial charge in [0.1, 0.15) is 11.4 Å². The first-order valence-corrected chi connectivity index (χ1v) is 11.9. The van der Waals surface area contributed by atoms with E-state index in [0.29, 0.717) is 17.7 Å². The Balaban J connectivity index is 1.34. The summed E-state index contributed by atoms with van der Waals surface area (Å²) >= 11 is -1.00. The maximum atomic E-state index is 12.6. The number of pyridine rings is 1. The third-order valence-electron chi connectivity index (χ3n) is 6.19. The minimum Gasteiger partial charge on any atom is -0.611 e. The molecule has 2 aromatic heterocycles. The summed E-state index contributed by atoms with van der Waals surface area (Å²) in [4.78, 5) is 16.9. The van der Waals surface area contributed by atoms with Gasteiger partial charge in [-0.15, -0.1) is 0 Å². The highest BCUT2D eigenvalue weighted by molar-refractivity contribution is 7.91. The Bertz CT molecular complexity index is 838. The molecule has 0 radical (unpaired) electrons. The highest BCUT2D eigenvalue weighted by Crippen LogP contribution is 2.35. The summed E-state index contributed by atoms with van der Waals surface area (Å²) in [6.45, 7) is 3.41. The van der Waals surface area contributed by atoms with E-state index >= 15 is 0 Å². The lowest BCUT2D eigenvalue weighted by molar-refractivity contribution is 0.0903. The average molecular weight is 414 g/mol. The standard InChI is InChI=1S/C21H27N5O2S/c27-29-14-7-18-19(29)20(23-17-5-12-28-13-6-17)25-21(24-18)26-10-3-16(4-11-26)15-1-8-22-9-2-15/h1-2,8-9,16-17H,3-7,10-14H2,(H,23,24,25). The molecule has 3 aliphatic rings. The van der Waals surface area contributed by atoms with Crippen molar-refractivity contribution < 1.29 is 9.29 Å². The molecule has 7 nitrogen and oxygen atoms in total. The predicted molar refractivity (Wildman–Crippen MR) is 113 cm³/mol. The molecule has 0 bridgehead atoms. The molecule has 1 N–H and O–H groups in total. The number of nitrogens with zero attached hydrogens (tertiary/aromatic N) is 4. The number of fused-ring (bicyclic) bond motifs is 1. The number of anilines is 2. The molecule has 1 atom stereocenters. The maximum Gasteiger partial charge on any atom is 0.227 e. The van der Waals surface area contributed by atoms with Gasteiger partial charge in [-0.25, -0.2) is 4.98 Å². The molecular formula is C21H27N5O2S. The number of rotatable bonds is 4. The fraction of sp³-hybridized carbons (Fsp3) is 0.571. The van der Waals surface area contributed by atoms with Crippen LogP contribution in [0.2, 0.25) is 0 Å². The quantitative estimate of drug-likeness (QED) is 0.771. The van der Waals surface area contributed by atoms with Crippen LogP contribution in [0.15, 0.2) is 29.4 Å². The van der Waals surface area contributed by atoms with Gasteiger partial charge in [-0.3, -0.25) is 4.98 Å². The molecule has 29 heavy (non-hydrogen) atoms. The number of hydrogen-bond acceptors (Lipinski definition) is 7. The van der Waals surface area contributed by atoms with E-state index in [1.807, 2.05) is 12.4 Å². The van der Waals surface area contributed by atoms with E-state index in [-0.39, 0.29) is 0 Å². The van der Waals surface area contributed by atoms with Gasteiger partial charge in [-0.05, 0) is 60.5 Å². The molecule has 2 saturated heterocycles. The molecule has 0 aromatic carbocycles. The number of piperidine rings is 1. The predicted octanol–water partition coefficient (Wildman–Crippen LogP) is 2.51. The zero-order chi connectivity index (χ0) is 19.6. The first-order valence-electron chi connectivity index (χ1n) is 10.6. The van der Waals surface area contributed by atoms with Gasteiger partial charge >= 0.3 is 0 Å². The van der Waals surface area contributed by atoms with Crippen molar-refractivity contribution in [3.8, 4) is 0 Å². The van der Waals surface area contributed by atoms with Crippen LogP contribution in [-0.4, -0.2) is 57.6 Å². The van der Waals surface area contributed by atoms with E-state index in [9.17, 15) is 4.55 Å². The zero-order valence-electron chi connectivity index (χ0n) is 16.5. The minimum absolute atomic E-state index is 0.325. The fourth-order valence-corrected chi connectivity index (χ4v) is 5.82. The minimum atomic E-state index is -1.00. The van der Waals surface area contributed by atoms with Gasteiger partial charge in [0.2, 0.25) is 10.8 Å². The molecule has 3 aliphatic heterocycles. The van der Waals surface area contributed by atoms with Crippen LogP contribution < -0.4 is 10.2 Å². The van der Waals surface area contributed by atoms with E-state index in [1.165, 1.54) is 5.56 Å². The summed E-state index contributed by atoms with van der Waals surface area (Å²) in [7, 11) is 0. The van der Waals surface area contributed by atoms with Gasteiger partial charge in [0.05, 0.1) is 0 Å². The number of aryl methyl sites for hydroxylation is 1. The Morgan fingerprint density at radius 3 is 2.59 bits per heavy atom. The Kier molecular flexibility index (Phi) is 5.56. The first kappa shape index (κ1) is 19.1. The van der Waals surface area contributed by atoms with Crippen molar-refractivity contribution in [3.63, 3.8) is 0 Å². The van der Waals surface area contributed by atoms with Gasteiger partial charge in [0.15, 0.2) is 5.82 Å². The van der Waals surface area contributed by atoms with E-state index < -0.39 is 11.2 Å². The highest BCUT2D eigenvalue weighted by Gasteiger charge is 2.34. The van der Waals surface area contributed by atoms with Crippen molar-refractivity contribution in [2.45, 2.75) is 49.0 Å². The van der Waals surface area contributed by atoms with Gasteiger partial charge in [0.25, 0.3) is 0 Å². The van der Waals surface area contributed by atoms with Gasteiger partial charge in [0, 0.05) is 51.2 Å². The van der Waals surface area contributed by atoms with Crippen molar-refractivity contribution in [2.24, 2.45) is 0 Å². The number of ether oxygens (including phenoxy) is 1. The first-order chi connectivity index (χ1) is 14.3. The molecule has 5 rings (SSSR count). The van der Waals surface area contributed by atoms with E-state index in [0.717, 1.165) is 80.8 Å². The van der Waals surface area contributed by atoms with E-state index in [1.54, 1.807) is 0 Å². The molecule has 0 spiro atoms. The Labute approximate surface area is 174 Å². The average Bonchev–Trinajstić information content (AvgIpc) is 3.16. The molecular weight excluding hydrogens is 386 g/mol. The van der Waals surface area contributed by atoms with Gasteiger partial charge < -0.3 is 19.5 Å². The van der Waals surface area contributed by atoms with Gasteiger partial charge in [-0.2, -0.15) is 4.98 Å². The van der Waals surface area contributed by atoms with Crippen LogP contribution in [0.1, 0.15) is 42.9 Å². The fourth-order valence-electron chi connectivity index (χ4n) is 4.51. The van der Waals surface area contributed by atoms with Crippen molar-refractivity contribution in [1.82, 2.24) is 15.0 Å². The molecule has 5 heterocycles. The SMILES string of the molecule is [O-][S+]1CCc2nc(N3CCC(c4ccncc4)CC3)nc(NC3CCOCC3)c21. The Morgan fingerprint density at radius 2 is 1.83 bits per heavy atom. The van der Waals surface area contributed by atoms with Crippen LogP contribution in [0.3, 0.4) is 0 Å². The summed E-state index contributed by atoms with van der Waals surface area (Å²) in [5.74, 6) is 2.78. The van der Waals surface area contributed by atoms with Crippen LogP contribution in [0.5, 0.6) is 0 Å². The summed E-state index contributed by atoms with van der Waals surface area (Å²) in [6, 6.07) is 4.57. The Hall–Kier alpha value is -1.90. The maximum absolute atomic E-state index is 12.6. The number of hydrogen-bond donors (Lipinski definition) is 1. The summed E-state index contributed by atoms with van der Waals surface area (Å²) in [5, 5.41) is 3.57. The second-order valence-electron chi connectivity index (χ2n) is 8.02. The normalized spacial score (nSPS) is 23.2. The molecule has 1 unspecified atom stereocenters. The molecule has 0 aliphatic carbocycles. The van der Waals surface area contributed by atoms with Crippen molar-refractivity contribution >= 4 is 22.9 Å². The molecule has 2 fully saturated rings. The van der Waals surface area contributed by atoms with Crippen LogP contribution in [0.25, 0.3) is 0 Å². The van der Waals surface area contributed by atoms with Crippen LogP contribution >= 0.6 is 0 Å². The van der Waals surface area contributed by atoms with Crippen LogP contribution in [-0.2, 0) is 22.3 Å². The summed E-state index contributed by atoms with van der Waals surface area (Å²) in [6.07, 6.45) is 8.60. The van der Waals surface area contributed by atoms with Crippen molar-refractivity contribution in [1.29, 1.82) is 0 Å². The molecule has 0 saturated carbocycles. The second-order valence-corrected chi connectivity index (χ2v) is 9.53. The third-order valence-corrected chi connectivity index (χ3v) is 7.65. The summed E-state index contributed by atoms with van der Waals surface area (Å²) in [5.41, 5.74) is 2.32. The number of aromatic nitrogens is 3. The van der Waals surface area contributed by atoms with Crippen LogP contribution in [0.4, 0.5) is 11.8 Å². The Morgan fingerprint density at radius 1 is 1.07 bits per heavy atom. The molecule has 0 amide bonds. The smallest absolute Gasteiger partial charge is 0.227 e. The van der Waals surface area contributed by atoms with Crippen molar-refractivity contribution in [2.75, 3.05) is 42.3 Å². The second kappa shape index (κ2) is 8.45. The zero-order valence-corrected chi connectivity index (χ0v) is 17.4. The van der Waals surface area contributed by atoms with E-state index in [4.69, 9.17) is 14.7 Å². The van der Waals surface area contributed by atoms with Gasteiger partial charge in [-0.1, -0.05) is 0 Å². The lowest BCUT2D eigenvalue weighted by atomic mass is 9.90. The molecule has 8 heteroatoms. The third kappa shape index (κ3) is 4.06. The van der Waals surface area contributed by atoms with E-state index in [2.05, 4.69) is 27.3 Å². The van der Waals surface area contributed by atoms with Crippen molar-refractivity contribution in [3.05, 3.63) is 35.8 Å².